The van der Waals surface area contributed by atoms with E-state index in [1.165, 1.54) is 0 Å². The van der Waals surface area contributed by atoms with Crippen molar-refractivity contribution in [2.24, 2.45) is 0 Å². The van der Waals surface area contributed by atoms with E-state index in [1.54, 1.807) is 0 Å². The van der Waals surface area contributed by atoms with Crippen molar-refractivity contribution in [1.29, 1.82) is 0 Å². The molecule has 4 bridgehead atoms. The summed E-state index contributed by atoms with van der Waals surface area (Å²) in [6.45, 7) is 0. The van der Waals surface area contributed by atoms with E-state index in [4.69, 9.17) is 8.37 Å². The molecule has 7 heteroatoms. The molecule has 0 atom stereocenters. The molecule has 4 aliphatic carbocycles. The van der Waals surface area contributed by atoms with Crippen molar-refractivity contribution < 1.29 is 16.8 Å². The first kappa shape index (κ1) is 10.3. The van der Waals surface area contributed by atoms with Crippen LogP contribution < -0.4 is 0 Å². The van der Waals surface area contributed by atoms with Crippen molar-refractivity contribution in [1.82, 2.24) is 0 Å². The fraction of sp³-hybridized carbons (Fsp3) is 1.00. The Hall–Kier alpha value is 1.33. The average Bonchev–Trinajstić information content (AvgIpc) is 2.43. The van der Waals surface area contributed by atoms with Crippen LogP contribution in [0.5, 0.6) is 0 Å². The van der Waals surface area contributed by atoms with Gasteiger partial charge in [0.1, 0.15) is 11.2 Å². The third-order valence-electron chi connectivity index (χ3n) is 4.42. The zero-order chi connectivity index (χ0) is 10.7. The van der Waals surface area contributed by atoms with E-state index >= 15 is 0 Å². The van der Waals surface area contributed by atoms with Crippen LogP contribution in [0.4, 0.5) is 0 Å². The molecular weight excluding hydrogens is 446 g/mol. The van der Waals surface area contributed by atoms with Crippen LogP contribution in [-0.2, 0) is 18.8 Å². The highest BCUT2D eigenvalue weighted by Crippen LogP contribution is 2.81. The molecule has 84 valence electrons. The second-order valence-corrected chi connectivity index (χ2v) is 10.5. The molecule has 4 saturated carbocycles. The van der Waals surface area contributed by atoms with E-state index in [0.29, 0.717) is 0 Å². The topological polar surface area (TPSA) is 52.6 Å². The summed E-state index contributed by atoms with van der Waals surface area (Å²) in [5.41, 5.74) is -1.07. The molecule has 15 heavy (non-hydrogen) atoms. The third kappa shape index (κ3) is 0.890. The van der Waals surface area contributed by atoms with Gasteiger partial charge in [-0.15, -0.1) is 0 Å². The lowest BCUT2D eigenvalue weighted by Gasteiger charge is -2.28. The average molecular weight is 454 g/mol. The van der Waals surface area contributed by atoms with Crippen LogP contribution in [0.1, 0.15) is 25.7 Å². The summed E-state index contributed by atoms with van der Waals surface area (Å²) in [5.74, 6) is 0. The predicted molar refractivity (Wildman–Crippen MR) is 68.5 cm³/mol. The highest BCUT2D eigenvalue weighted by molar-refractivity contribution is 14.1. The SMILES string of the molecule is O=S1(=O)OC23CC4(I)CC2(CC4(I)C3)O1. The van der Waals surface area contributed by atoms with Gasteiger partial charge in [0.25, 0.3) is 0 Å². The van der Waals surface area contributed by atoms with E-state index in [1.807, 2.05) is 0 Å². The second kappa shape index (κ2) is 2.26. The van der Waals surface area contributed by atoms with Crippen LogP contribution in [0.15, 0.2) is 0 Å². The Morgan fingerprint density at radius 2 is 1.20 bits per heavy atom. The maximum absolute atomic E-state index is 11.4. The summed E-state index contributed by atoms with van der Waals surface area (Å²) in [6.07, 6.45) is 3.29. The lowest BCUT2D eigenvalue weighted by Crippen LogP contribution is -2.41. The zero-order valence-electron chi connectivity index (χ0n) is 7.63. The summed E-state index contributed by atoms with van der Waals surface area (Å²) in [7, 11) is -3.73. The maximum atomic E-state index is 11.4. The van der Waals surface area contributed by atoms with E-state index in [2.05, 4.69) is 45.2 Å². The van der Waals surface area contributed by atoms with E-state index < -0.39 is 21.6 Å². The summed E-state index contributed by atoms with van der Waals surface area (Å²) in [6, 6.07) is 0. The molecule has 0 aromatic rings. The second-order valence-electron chi connectivity index (χ2n) is 5.20. The van der Waals surface area contributed by atoms with Gasteiger partial charge in [-0.2, -0.15) is 8.42 Å². The highest BCUT2D eigenvalue weighted by atomic mass is 127. The first-order valence-corrected chi connectivity index (χ1v) is 8.27. The molecule has 0 radical (unpaired) electrons. The number of hydrogen-bond acceptors (Lipinski definition) is 4. The Morgan fingerprint density at radius 1 is 0.867 bits per heavy atom. The van der Waals surface area contributed by atoms with E-state index in [9.17, 15) is 8.42 Å². The van der Waals surface area contributed by atoms with Crippen molar-refractivity contribution in [3.8, 4) is 0 Å². The van der Waals surface area contributed by atoms with Gasteiger partial charge >= 0.3 is 10.4 Å². The lowest BCUT2D eigenvalue weighted by atomic mass is 9.90. The van der Waals surface area contributed by atoms with Crippen LogP contribution in [-0.4, -0.2) is 26.5 Å². The van der Waals surface area contributed by atoms with Crippen molar-refractivity contribution in [3.63, 3.8) is 0 Å². The Morgan fingerprint density at radius 3 is 1.53 bits per heavy atom. The van der Waals surface area contributed by atoms with Crippen molar-refractivity contribution in [2.75, 3.05) is 0 Å². The summed E-state index contributed by atoms with van der Waals surface area (Å²) >= 11 is 4.96. The van der Waals surface area contributed by atoms with Crippen molar-refractivity contribution in [3.05, 3.63) is 0 Å². The molecule has 0 unspecified atom stereocenters. The molecule has 0 aromatic heterocycles. The number of halogens is 2. The standard InChI is InChI=1S/C8H8I2O4S/c9-5-1-7-3-6(5,10)4-8(7,2-5)14-15(11,12)13-7/h1-4H2. The van der Waals surface area contributed by atoms with Gasteiger partial charge in [0, 0.05) is 6.84 Å². The maximum Gasteiger partial charge on any atom is 0.401 e. The fourth-order valence-corrected chi connectivity index (χ4v) is 8.60. The van der Waals surface area contributed by atoms with Gasteiger partial charge in [-0.25, -0.2) is 8.37 Å². The lowest BCUT2D eigenvalue weighted by molar-refractivity contribution is 0.00578. The predicted octanol–water partition coefficient (Wildman–Crippen LogP) is 1.70. The van der Waals surface area contributed by atoms with Crippen LogP contribution in [0.25, 0.3) is 0 Å². The molecule has 4 nitrogen and oxygen atoms in total. The van der Waals surface area contributed by atoms with Gasteiger partial charge in [-0.1, -0.05) is 45.2 Å². The van der Waals surface area contributed by atoms with Crippen LogP contribution in [0.3, 0.4) is 0 Å². The van der Waals surface area contributed by atoms with Gasteiger partial charge in [-0.05, 0) is 25.7 Å². The van der Waals surface area contributed by atoms with E-state index in [-0.39, 0.29) is 6.84 Å². The minimum Gasteiger partial charge on any atom is -0.238 e. The molecule has 0 amide bonds. The Kier molecular flexibility index (Phi) is 1.55. The van der Waals surface area contributed by atoms with Gasteiger partial charge in [0.05, 0.1) is 0 Å². The van der Waals surface area contributed by atoms with Crippen LogP contribution in [0, 0.1) is 0 Å². The largest absolute Gasteiger partial charge is 0.401 e. The van der Waals surface area contributed by atoms with Gasteiger partial charge < -0.3 is 0 Å². The number of rotatable bonds is 0. The molecule has 5 fully saturated rings. The number of hydrogen-bond donors (Lipinski definition) is 0. The Balaban J connectivity index is 1.97. The Labute approximate surface area is 115 Å². The van der Waals surface area contributed by atoms with Crippen molar-refractivity contribution in [2.45, 2.75) is 43.7 Å². The summed E-state index contributed by atoms with van der Waals surface area (Å²) in [5, 5.41) is 0. The molecule has 0 aromatic carbocycles. The first-order valence-electron chi connectivity index (χ1n) is 4.78. The molecule has 0 N–H and O–H groups in total. The van der Waals surface area contributed by atoms with Gasteiger partial charge in [-0.3, -0.25) is 0 Å². The van der Waals surface area contributed by atoms with Gasteiger partial charge in [0.15, 0.2) is 0 Å². The summed E-state index contributed by atoms with van der Waals surface area (Å²) < 4.78 is 33.7. The molecule has 1 saturated heterocycles. The zero-order valence-corrected chi connectivity index (χ0v) is 12.8. The summed E-state index contributed by atoms with van der Waals surface area (Å²) in [4.78, 5) is 0. The first-order chi connectivity index (χ1) is 6.74. The monoisotopic (exact) mass is 454 g/mol. The third-order valence-corrected chi connectivity index (χ3v) is 10.1. The smallest absolute Gasteiger partial charge is 0.238 e. The molecular formula is C8H8I2O4S. The van der Waals surface area contributed by atoms with E-state index in [0.717, 1.165) is 25.7 Å². The highest BCUT2D eigenvalue weighted by Gasteiger charge is 2.89. The molecule has 1 heterocycles. The molecule has 5 aliphatic rings. The quantitative estimate of drug-likeness (QED) is 0.414. The minimum absolute atomic E-state index is 0.168. The number of alkyl halides is 2. The van der Waals surface area contributed by atoms with Crippen LogP contribution >= 0.6 is 45.2 Å². The Bertz CT molecular complexity index is 435. The van der Waals surface area contributed by atoms with Gasteiger partial charge in [0.2, 0.25) is 0 Å². The molecule has 5 rings (SSSR count). The molecule has 2 spiro atoms. The fourth-order valence-electron chi connectivity index (χ4n) is 4.02. The molecule has 1 aliphatic heterocycles. The normalized spacial score (nSPS) is 67.9. The minimum atomic E-state index is -3.73. The van der Waals surface area contributed by atoms with Crippen molar-refractivity contribution >= 4 is 55.6 Å². The van der Waals surface area contributed by atoms with Crippen LogP contribution in [0.2, 0.25) is 0 Å².